The van der Waals surface area contributed by atoms with E-state index in [2.05, 4.69) is 23.7 Å². The van der Waals surface area contributed by atoms with Crippen LogP contribution in [0.1, 0.15) is 37.0 Å². The summed E-state index contributed by atoms with van der Waals surface area (Å²) in [7, 11) is 3.73. The van der Waals surface area contributed by atoms with E-state index in [1.807, 2.05) is 24.1 Å². The minimum absolute atomic E-state index is 0.0760. The molecule has 0 aromatic carbocycles. The summed E-state index contributed by atoms with van der Waals surface area (Å²) in [5, 5.41) is 0. The first-order valence-corrected chi connectivity index (χ1v) is 8.00. The molecule has 22 heavy (non-hydrogen) atoms. The minimum atomic E-state index is 0.0760. The normalized spacial score (nSPS) is 18.6. The molecule has 1 aromatic rings. The molecule has 1 aromatic heterocycles. The van der Waals surface area contributed by atoms with E-state index in [4.69, 9.17) is 4.74 Å². The molecule has 0 saturated carbocycles. The molecule has 0 radical (unpaired) electrons. The fourth-order valence-corrected chi connectivity index (χ4v) is 2.79. The summed E-state index contributed by atoms with van der Waals surface area (Å²) >= 11 is 0. The number of nitrogens with zero attached hydrogens (tertiary/aromatic N) is 3. The molecule has 1 saturated heterocycles. The Hall–Kier alpha value is -1.62. The summed E-state index contributed by atoms with van der Waals surface area (Å²) in [6.07, 6.45) is 3.87. The van der Waals surface area contributed by atoms with Gasteiger partial charge in [0.15, 0.2) is 0 Å². The van der Waals surface area contributed by atoms with E-state index in [0.29, 0.717) is 17.5 Å². The fourth-order valence-electron chi connectivity index (χ4n) is 2.79. The molecule has 1 aliphatic heterocycles. The zero-order chi connectivity index (χ0) is 16.1. The third-order valence-corrected chi connectivity index (χ3v) is 4.34. The van der Waals surface area contributed by atoms with Crippen molar-refractivity contribution in [1.29, 1.82) is 0 Å². The number of aromatic nitrogens is 1. The van der Waals surface area contributed by atoms with Crippen LogP contribution in [-0.4, -0.2) is 55.7 Å². The van der Waals surface area contributed by atoms with Gasteiger partial charge in [0.2, 0.25) is 0 Å². The summed E-state index contributed by atoms with van der Waals surface area (Å²) in [5.74, 6) is 1.41. The van der Waals surface area contributed by atoms with Gasteiger partial charge in [-0.2, -0.15) is 0 Å². The van der Waals surface area contributed by atoms with Crippen molar-refractivity contribution in [3.63, 3.8) is 0 Å². The number of carbonyl (C=O) groups is 1. The number of carbonyl (C=O) groups excluding carboxylic acids is 1. The Bertz CT molecular complexity index is 485. The van der Waals surface area contributed by atoms with Gasteiger partial charge in [0, 0.05) is 39.5 Å². The van der Waals surface area contributed by atoms with Crippen molar-refractivity contribution in [2.75, 3.05) is 38.8 Å². The minimum Gasteiger partial charge on any atom is -0.384 e. The number of anilines is 1. The second kappa shape index (κ2) is 7.58. The van der Waals surface area contributed by atoms with Gasteiger partial charge in [0.25, 0.3) is 5.91 Å². The van der Waals surface area contributed by atoms with Crippen molar-refractivity contribution in [3.05, 3.63) is 23.9 Å². The molecule has 5 heteroatoms. The monoisotopic (exact) mass is 305 g/mol. The summed E-state index contributed by atoms with van der Waals surface area (Å²) in [6.45, 7) is 6.56. The molecule has 1 atom stereocenters. The van der Waals surface area contributed by atoms with Crippen LogP contribution in [0, 0.1) is 5.92 Å². The smallest absolute Gasteiger partial charge is 0.255 e. The van der Waals surface area contributed by atoms with Gasteiger partial charge in [0.05, 0.1) is 12.2 Å². The number of amides is 1. The summed E-state index contributed by atoms with van der Waals surface area (Å²) < 4.78 is 5.22. The van der Waals surface area contributed by atoms with Crippen LogP contribution in [0.3, 0.4) is 0 Å². The van der Waals surface area contributed by atoms with Crippen LogP contribution in [0.2, 0.25) is 0 Å². The second-order valence-corrected chi connectivity index (χ2v) is 6.32. The van der Waals surface area contributed by atoms with E-state index in [1.165, 1.54) is 0 Å². The van der Waals surface area contributed by atoms with Gasteiger partial charge in [-0.3, -0.25) is 4.79 Å². The molecule has 2 heterocycles. The quantitative estimate of drug-likeness (QED) is 0.838. The van der Waals surface area contributed by atoms with E-state index in [-0.39, 0.29) is 5.91 Å². The third kappa shape index (κ3) is 3.97. The standard InChI is InChI=1S/C17H27N3O2/c1-13(2)19(3)16-8-7-15(10-18-16)17(21)20-9-5-6-14(11-20)12-22-4/h7-8,10,13-14H,5-6,9,11-12H2,1-4H3. The fraction of sp³-hybridized carbons (Fsp3) is 0.647. The second-order valence-electron chi connectivity index (χ2n) is 6.32. The molecule has 1 aliphatic rings. The van der Waals surface area contributed by atoms with Gasteiger partial charge in [-0.05, 0) is 44.7 Å². The highest BCUT2D eigenvalue weighted by atomic mass is 16.5. The molecular formula is C17H27N3O2. The average molecular weight is 305 g/mol. The van der Waals surface area contributed by atoms with E-state index < -0.39 is 0 Å². The maximum atomic E-state index is 12.6. The van der Waals surface area contributed by atoms with Crippen LogP contribution < -0.4 is 4.90 Å². The first kappa shape index (κ1) is 16.7. The van der Waals surface area contributed by atoms with Crippen molar-refractivity contribution >= 4 is 11.7 Å². The highest BCUT2D eigenvalue weighted by molar-refractivity contribution is 5.94. The largest absolute Gasteiger partial charge is 0.384 e. The zero-order valence-electron chi connectivity index (χ0n) is 14.1. The molecule has 1 unspecified atom stereocenters. The van der Waals surface area contributed by atoms with Gasteiger partial charge in [-0.25, -0.2) is 4.98 Å². The topological polar surface area (TPSA) is 45.7 Å². The lowest BCUT2D eigenvalue weighted by molar-refractivity contribution is 0.0570. The van der Waals surface area contributed by atoms with Crippen LogP contribution >= 0.6 is 0 Å². The molecule has 122 valence electrons. The molecule has 2 rings (SSSR count). The number of ether oxygens (including phenoxy) is 1. The first-order valence-electron chi connectivity index (χ1n) is 8.00. The Labute approximate surface area is 133 Å². The van der Waals surface area contributed by atoms with Crippen molar-refractivity contribution in [3.8, 4) is 0 Å². The lowest BCUT2D eigenvalue weighted by atomic mass is 9.98. The summed E-state index contributed by atoms with van der Waals surface area (Å²) in [6, 6.07) is 4.18. The van der Waals surface area contributed by atoms with Crippen molar-refractivity contribution in [1.82, 2.24) is 9.88 Å². The van der Waals surface area contributed by atoms with Crippen LogP contribution in [0.25, 0.3) is 0 Å². The van der Waals surface area contributed by atoms with E-state index >= 15 is 0 Å². The predicted octanol–water partition coefficient (Wildman–Crippen LogP) is 2.42. The molecule has 5 nitrogen and oxygen atoms in total. The SMILES string of the molecule is COCC1CCCN(C(=O)c2ccc(N(C)C(C)C)nc2)C1. The number of piperidine rings is 1. The van der Waals surface area contributed by atoms with E-state index in [0.717, 1.165) is 38.4 Å². The highest BCUT2D eigenvalue weighted by Gasteiger charge is 2.24. The Balaban J connectivity index is 2.03. The molecule has 0 N–H and O–H groups in total. The number of hydrogen-bond donors (Lipinski definition) is 0. The maximum absolute atomic E-state index is 12.6. The summed E-state index contributed by atoms with van der Waals surface area (Å²) in [4.78, 5) is 21.0. The molecular weight excluding hydrogens is 278 g/mol. The van der Waals surface area contributed by atoms with Crippen molar-refractivity contribution < 1.29 is 9.53 Å². The average Bonchev–Trinajstić information content (AvgIpc) is 2.54. The van der Waals surface area contributed by atoms with E-state index in [1.54, 1.807) is 13.3 Å². The molecule has 0 aliphatic carbocycles. The third-order valence-electron chi connectivity index (χ3n) is 4.34. The van der Waals surface area contributed by atoms with Gasteiger partial charge >= 0.3 is 0 Å². The Morgan fingerprint density at radius 2 is 2.27 bits per heavy atom. The Morgan fingerprint density at radius 3 is 2.86 bits per heavy atom. The number of pyridine rings is 1. The molecule has 1 amide bonds. The van der Waals surface area contributed by atoms with Crippen molar-refractivity contribution in [2.24, 2.45) is 5.92 Å². The molecule has 0 bridgehead atoms. The molecule has 1 fully saturated rings. The highest BCUT2D eigenvalue weighted by Crippen LogP contribution is 2.19. The van der Waals surface area contributed by atoms with Gasteiger partial charge in [0.1, 0.15) is 5.82 Å². The van der Waals surface area contributed by atoms with E-state index in [9.17, 15) is 4.79 Å². The van der Waals surface area contributed by atoms with Crippen LogP contribution in [0.4, 0.5) is 5.82 Å². The Kier molecular flexibility index (Phi) is 5.77. The van der Waals surface area contributed by atoms with Crippen LogP contribution in [0.5, 0.6) is 0 Å². The Morgan fingerprint density at radius 1 is 1.50 bits per heavy atom. The number of likely N-dealkylation sites (tertiary alicyclic amines) is 1. The molecule has 0 spiro atoms. The van der Waals surface area contributed by atoms with Crippen LogP contribution in [0.15, 0.2) is 18.3 Å². The number of rotatable bonds is 5. The van der Waals surface area contributed by atoms with Gasteiger partial charge in [-0.1, -0.05) is 0 Å². The van der Waals surface area contributed by atoms with Gasteiger partial charge < -0.3 is 14.5 Å². The lowest BCUT2D eigenvalue weighted by Crippen LogP contribution is -2.41. The summed E-state index contributed by atoms with van der Waals surface area (Å²) in [5.41, 5.74) is 0.666. The lowest BCUT2D eigenvalue weighted by Gasteiger charge is -2.32. The number of methoxy groups -OCH3 is 1. The first-order chi connectivity index (χ1) is 10.5. The zero-order valence-corrected chi connectivity index (χ0v) is 14.1. The predicted molar refractivity (Wildman–Crippen MR) is 88.3 cm³/mol. The maximum Gasteiger partial charge on any atom is 0.255 e. The van der Waals surface area contributed by atoms with Crippen LogP contribution in [-0.2, 0) is 4.74 Å². The van der Waals surface area contributed by atoms with Gasteiger partial charge in [-0.15, -0.1) is 0 Å². The number of hydrogen-bond acceptors (Lipinski definition) is 4. The van der Waals surface area contributed by atoms with Crippen molar-refractivity contribution in [2.45, 2.75) is 32.7 Å².